The van der Waals surface area contributed by atoms with Gasteiger partial charge >= 0.3 is 0 Å². The normalized spacial score (nSPS) is 11.5. The fourth-order valence-corrected chi connectivity index (χ4v) is 2.74. The fourth-order valence-electron chi connectivity index (χ4n) is 2.31. The molecule has 1 aromatic carbocycles. The number of H-pyrrole nitrogens is 1. The summed E-state index contributed by atoms with van der Waals surface area (Å²) in [5, 5.41) is 11.7. The molecular weight excluding hydrogens is 420 g/mol. The Morgan fingerprint density at radius 2 is 1.88 bits per heavy atom. The molecule has 0 amide bonds. The minimum Gasteiger partial charge on any atom is -0.368 e. The Morgan fingerprint density at radius 1 is 1.12 bits per heavy atom. The van der Waals surface area contributed by atoms with Crippen molar-refractivity contribution in [2.45, 2.75) is 19.3 Å². The van der Waals surface area contributed by atoms with Crippen LogP contribution in [0.3, 0.4) is 0 Å². The van der Waals surface area contributed by atoms with Gasteiger partial charge in [0.15, 0.2) is 3.83 Å². The summed E-state index contributed by atoms with van der Waals surface area (Å²) < 4.78 is 13.9. The molecule has 2 aromatic heterocycles. The van der Waals surface area contributed by atoms with Crippen LogP contribution in [-0.4, -0.2) is 26.7 Å². The number of halogens is 2. The maximum atomic E-state index is 13.1. The summed E-state index contributed by atoms with van der Waals surface area (Å²) >= 11 is 2.11. The Hall–Kier alpha value is -2.03. The number of anilines is 1. The van der Waals surface area contributed by atoms with Gasteiger partial charge in [-0.15, -0.1) is 10.2 Å². The van der Waals surface area contributed by atoms with Crippen LogP contribution in [0.4, 0.5) is 10.2 Å². The van der Waals surface area contributed by atoms with Crippen LogP contribution in [0.2, 0.25) is 0 Å². The molecule has 2 heterocycles. The van der Waals surface area contributed by atoms with E-state index in [0.717, 1.165) is 20.8 Å². The van der Waals surface area contributed by atoms with Crippen molar-refractivity contribution in [1.29, 1.82) is 0 Å². The fraction of sp³-hybridized carbons (Fsp3) is 0.235. The molecule has 0 saturated heterocycles. The lowest BCUT2D eigenvalue weighted by molar-refractivity contribution is 0.552. The molecule has 24 heavy (non-hydrogen) atoms. The highest BCUT2D eigenvalue weighted by molar-refractivity contribution is 14.1. The molecule has 0 saturated carbocycles. The van der Waals surface area contributed by atoms with E-state index < -0.39 is 0 Å². The topological polar surface area (TPSA) is 66.5 Å². The zero-order valence-electron chi connectivity index (χ0n) is 13.3. The molecule has 0 radical (unpaired) electrons. The summed E-state index contributed by atoms with van der Waals surface area (Å²) in [7, 11) is 0. The lowest BCUT2D eigenvalue weighted by atomic mass is 9.84. The second-order valence-electron chi connectivity index (χ2n) is 6.14. The molecular formula is C17H17FIN5. The average molecular weight is 437 g/mol. The van der Waals surface area contributed by atoms with Crippen molar-refractivity contribution in [2.24, 2.45) is 0 Å². The number of hydrogen-bond acceptors (Lipinski definition) is 4. The van der Waals surface area contributed by atoms with E-state index in [1.165, 1.54) is 12.1 Å². The second kappa shape index (κ2) is 6.84. The molecule has 0 unspecified atom stereocenters. The van der Waals surface area contributed by atoms with Crippen LogP contribution in [0.25, 0.3) is 11.4 Å². The smallest absolute Gasteiger partial charge is 0.169 e. The maximum absolute atomic E-state index is 13.1. The molecule has 0 atom stereocenters. The summed E-state index contributed by atoms with van der Waals surface area (Å²) in [6, 6.07) is 10.4. The van der Waals surface area contributed by atoms with Gasteiger partial charge in [0.25, 0.3) is 0 Å². The number of rotatable bonds is 5. The minimum atomic E-state index is -0.225. The zero-order chi connectivity index (χ0) is 17.2. The summed E-state index contributed by atoms with van der Waals surface area (Å²) in [6.45, 7) is 4.86. The molecule has 0 fully saturated rings. The zero-order valence-corrected chi connectivity index (χ0v) is 15.5. The number of aromatic nitrogens is 4. The van der Waals surface area contributed by atoms with Crippen molar-refractivity contribution in [3.8, 4) is 11.4 Å². The van der Waals surface area contributed by atoms with E-state index in [1.54, 1.807) is 6.20 Å². The largest absolute Gasteiger partial charge is 0.368 e. The third-order valence-corrected chi connectivity index (χ3v) is 4.37. The molecule has 3 aromatic rings. The number of nitrogens with zero attached hydrogens (tertiary/aromatic N) is 3. The van der Waals surface area contributed by atoms with Crippen LogP contribution in [-0.2, 0) is 5.41 Å². The average Bonchev–Trinajstić information content (AvgIpc) is 3.00. The highest BCUT2D eigenvalue weighted by Gasteiger charge is 2.20. The van der Waals surface area contributed by atoms with Gasteiger partial charge in [-0.25, -0.2) is 9.37 Å². The first-order valence-corrected chi connectivity index (χ1v) is 8.56. The first-order valence-electron chi connectivity index (χ1n) is 7.48. The quantitative estimate of drug-likeness (QED) is 0.593. The lowest BCUT2D eigenvalue weighted by Crippen LogP contribution is -2.28. The van der Waals surface area contributed by atoms with Crippen LogP contribution in [0.1, 0.15) is 19.4 Å². The number of imidazole rings is 1. The minimum absolute atomic E-state index is 0.159. The van der Waals surface area contributed by atoms with E-state index in [4.69, 9.17) is 0 Å². The molecule has 0 spiro atoms. The number of hydrogen-bond donors (Lipinski definition) is 2. The van der Waals surface area contributed by atoms with Gasteiger partial charge in [0.2, 0.25) is 0 Å². The maximum Gasteiger partial charge on any atom is 0.169 e. The summed E-state index contributed by atoms with van der Waals surface area (Å²) in [6.07, 6.45) is 1.73. The van der Waals surface area contributed by atoms with E-state index >= 15 is 0 Å². The number of aromatic amines is 1. The van der Waals surface area contributed by atoms with E-state index in [-0.39, 0.29) is 11.2 Å². The van der Waals surface area contributed by atoms with Crippen LogP contribution in [0.5, 0.6) is 0 Å². The van der Waals surface area contributed by atoms with Gasteiger partial charge in [0, 0.05) is 12.0 Å². The van der Waals surface area contributed by atoms with Gasteiger partial charge in [-0.05, 0) is 52.4 Å². The molecule has 2 N–H and O–H groups in total. The molecule has 0 bridgehead atoms. The van der Waals surface area contributed by atoms with Crippen molar-refractivity contribution >= 4 is 28.4 Å². The molecule has 0 aliphatic heterocycles. The van der Waals surface area contributed by atoms with Crippen molar-refractivity contribution in [1.82, 2.24) is 20.2 Å². The first kappa shape index (κ1) is 16.8. The molecule has 7 heteroatoms. The second-order valence-corrected chi connectivity index (χ2v) is 7.16. The predicted molar refractivity (Wildman–Crippen MR) is 100 cm³/mol. The molecule has 124 valence electrons. The van der Waals surface area contributed by atoms with E-state index in [0.29, 0.717) is 12.4 Å². The number of benzene rings is 1. The summed E-state index contributed by atoms with van der Waals surface area (Å²) in [4.78, 5) is 7.26. The third-order valence-electron chi connectivity index (χ3n) is 3.82. The van der Waals surface area contributed by atoms with Gasteiger partial charge in [-0.2, -0.15) is 0 Å². The molecule has 3 rings (SSSR count). The standard InChI is InChI=1S/C17H17FIN5/c1-17(2,11-3-5-12(18)6-4-11)10-21-15-8-7-13(23-24-15)14-9-20-16(19)22-14/h3-9H,10H2,1-2H3,(H,20,22)(H,21,24). The monoisotopic (exact) mass is 437 g/mol. The van der Waals surface area contributed by atoms with Crippen LogP contribution < -0.4 is 5.32 Å². The Morgan fingerprint density at radius 3 is 2.46 bits per heavy atom. The molecule has 5 nitrogen and oxygen atoms in total. The van der Waals surface area contributed by atoms with Crippen LogP contribution in [0.15, 0.2) is 42.6 Å². The number of nitrogens with one attached hydrogen (secondary N) is 2. The first-order chi connectivity index (χ1) is 11.4. The summed E-state index contributed by atoms with van der Waals surface area (Å²) in [5.41, 5.74) is 2.49. The van der Waals surface area contributed by atoms with E-state index in [1.807, 2.05) is 24.3 Å². The molecule has 0 aliphatic rings. The van der Waals surface area contributed by atoms with Gasteiger partial charge < -0.3 is 10.3 Å². The van der Waals surface area contributed by atoms with Gasteiger partial charge in [-0.3, -0.25) is 0 Å². The van der Waals surface area contributed by atoms with Crippen molar-refractivity contribution in [3.05, 3.63) is 57.8 Å². The summed E-state index contributed by atoms with van der Waals surface area (Å²) in [5.74, 6) is 0.473. The van der Waals surface area contributed by atoms with Crippen LogP contribution in [0, 0.1) is 9.65 Å². The van der Waals surface area contributed by atoms with Gasteiger partial charge in [0.1, 0.15) is 17.3 Å². The van der Waals surface area contributed by atoms with Crippen molar-refractivity contribution in [2.75, 3.05) is 11.9 Å². The Labute approximate surface area is 153 Å². The molecule has 0 aliphatic carbocycles. The van der Waals surface area contributed by atoms with E-state index in [2.05, 4.69) is 61.9 Å². The van der Waals surface area contributed by atoms with Gasteiger partial charge in [-0.1, -0.05) is 26.0 Å². The van der Waals surface area contributed by atoms with Crippen molar-refractivity contribution < 1.29 is 4.39 Å². The Bertz CT molecular complexity index is 812. The highest BCUT2D eigenvalue weighted by atomic mass is 127. The SMILES string of the molecule is CC(C)(CNc1ccc(-c2cnc(I)[nH]2)nn1)c1ccc(F)cc1. The Balaban J connectivity index is 1.67. The van der Waals surface area contributed by atoms with Crippen molar-refractivity contribution in [3.63, 3.8) is 0 Å². The predicted octanol–water partition coefficient (Wildman–Crippen LogP) is 4.00. The Kier molecular flexibility index (Phi) is 4.79. The van der Waals surface area contributed by atoms with Crippen LogP contribution >= 0.6 is 22.6 Å². The lowest BCUT2D eigenvalue weighted by Gasteiger charge is -2.25. The third kappa shape index (κ3) is 3.89. The van der Waals surface area contributed by atoms with Gasteiger partial charge in [0.05, 0.1) is 11.9 Å². The highest BCUT2D eigenvalue weighted by Crippen LogP contribution is 2.24. The van der Waals surface area contributed by atoms with E-state index in [9.17, 15) is 4.39 Å².